The molecular weight excluding hydrogens is 190 g/mol. The first-order valence-corrected chi connectivity index (χ1v) is 5.61. The number of nitrogens with zero attached hydrogens (tertiary/aromatic N) is 2. The fourth-order valence-corrected chi connectivity index (χ4v) is 2.11. The average Bonchev–Trinajstić information content (AvgIpc) is 2.60. The Balaban J connectivity index is 2.02. The summed E-state index contributed by atoms with van der Waals surface area (Å²) >= 11 is 0. The predicted molar refractivity (Wildman–Crippen MR) is 59.2 cm³/mol. The summed E-state index contributed by atoms with van der Waals surface area (Å²) in [6.45, 7) is 4.04. The van der Waals surface area contributed by atoms with Crippen molar-refractivity contribution in [3.8, 4) is 5.88 Å². The molecule has 1 aromatic rings. The van der Waals surface area contributed by atoms with Crippen molar-refractivity contribution in [2.75, 3.05) is 13.7 Å². The van der Waals surface area contributed by atoms with Crippen LogP contribution in [0.15, 0.2) is 6.07 Å². The first-order valence-electron chi connectivity index (χ1n) is 5.61. The summed E-state index contributed by atoms with van der Waals surface area (Å²) in [5.74, 6) is 0.861. The third-order valence-corrected chi connectivity index (χ3v) is 2.88. The van der Waals surface area contributed by atoms with Gasteiger partial charge in [-0.05, 0) is 26.3 Å². The van der Waals surface area contributed by atoms with Gasteiger partial charge in [-0.1, -0.05) is 6.42 Å². The summed E-state index contributed by atoms with van der Waals surface area (Å²) in [7, 11) is 1.70. The Kier molecular flexibility index (Phi) is 3.26. The Bertz CT molecular complexity index is 316. The Morgan fingerprint density at radius 3 is 3.13 bits per heavy atom. The van der Waals surface area contributed by atoms with Gasteiger partial charge < -0.3 is 10.1 Å². The number of aromatic nitrogens is 2. The lowest BCUT2D eigenvalue weighted by Gasteiger charge is -2.23. The highest BCUT2D eigenvalue weighted by Crippen LogP contribution is 2.15. The summed E-state index contributed by atoms with van der Waals surface area (Å²) < 4.78 is 7.24. The SMILES string of the molecule is COc1cc(C)nn1CC1CCCCN1. The Labute approximate surface area is 90.6 Å². The second kappa shape index (κ2) is 4.66. The fourth-order valence-electron chi connectivity index (χ4n) is 2.11. The normalized spacial score (nSPS) is 21.6. The number of rotatable bonds is 3. The van der Waals surface area contributed by atoms with Crippen molar-refractivity contribution in [2.24, 2.45) is 0 Å². The lowest BCUT2D eigenvalue weighted by atomic mass is 10.1. The molecule has 84 valence electrons. The standard InChI is InChI=1S/C11H19N3O/c1-9-7-11(15-2)14(13-9)8-10-5-3-4-6-12-10/h7,10,12H,3-6,8H2,1-2H3. The molecule has 0 radical (unpaired) electrons. The van der Waals surface area contributed by atoms with Crippen LogP contribution in [0.4, 0.5) is 0 Å². The van der Waals surface area contributed by atoms with Crippen LogP contribution in [-0.4, -0.2) is 29.5 Å². The quantitative estimate of drug-likeness (QED) is 0.816. The largest absolute Gasteiger partial charge is 0.481 e. The second-order valence-corrected chi connectivity index (χ2v) is 4.16. The zero-order valence-electron chi connectivity index (χ0n) is 9.49. The third-order valence-electron chi connectivity index (χ3n) is 2.88. The second-order valence-electron chi connectivity index (χ2n) is 4.16. The highest BCUT2D eigenvalue weighted by atomic mass is 16.5. The number of ether oxygens (including phenoxy) is 1. The van der Waals surface area contributed by atoms with E-state index in [-0.39, 0.29) is 0 Å². The summed E-state index contributed by atoms with van der Waals surface area (Å²) in [6.07, 6.45) is 3.86. The number of hydrogen-bond acceptors (Lipinski definition) is 3. The van der Waals surface area contributed by atoms with E-state index in [2.05, 4.69) is 10.4 Å². The van der Waals surface area contributed by atoms with Gasteiger partial charge in [0.25, 0.3) is 0 Å². The highest BCUT2D eigenvalue weighted by molar-refractivity contribution is 5.14. The van der Waals surface area contributed by atoms with E-state index in [1.165, 1.54) is 19.3 Å². The van der Waals surface area contributed by atoms with Crippen molar-refractivity contribution in [1.82, 2.24) is 15.1 Å². The van der Waals surface area contributed by atoms with E-state index in [0.717, 1.165) is 24.7 Å². The van der Waals surface area contributed by atoms with Gasteiger partial charge in [-0.2, -0.15) is 5.10 Å². The van der Waals surface area contributed by atoms with Crippen LogP contribution in [0.25, 0.3) is 0 Å². The van der Waals surface area contributed by atoms with Gasteiger partial charge in [-0.15, -0.1) is 0 Å². The van der Waals surface area contributed by atoms with Crippen molar-refractivity contribution >= 4 is 0 Å². The predicted octanol–water partition coefficient (Wildman–Crippen LogP) is 1.34. The minimum Gasteiger partial charge on any atom is -0.481 e. The van der Waals surface area contributed by atoms with E-state index in [0.29, 0.717) is 6.04 Å². The zero-order valence-corrected chi connectivity index (χ0v) is 9.49. The number of piperidine rings is 1. The van der Waals surface area contributed by atoms with Crippen molar-refractivity contribution in [1.29, 1.82) is 0 Å². The van der Waals surface area contributed by atoms with Gasteiger partial charge in [0, 0.05) is 12.1 Å². The van der Waals surface area contributed by atoms with Gasteiger partial charge in [0.15, 0.2) is 0 Å². The molecule has 4 heteroatoms. The lowest BCUT2D eigenvalue weighted by molar-refractivity contribution is 0.310. The molecule has 0 spiro atoms. The smallest absolute Gasteiger partial charge is 0.211 e. The molecule has 1 N–H and O–H groups in total. The minimum absolute atomic E-state index is 0.548. The van der Waals surface area contributed by atoms with Crippen LogP contribution in [-0.2, 0) is 6.54 Å². The average molecular weight is 209 g/mol. The Hall–Kier alpha value is -1.03. The van der Waals surface area contributed by atoms with Crippen LogP contribution in [0.3, 0.4) is 0 Å². The topological polar surface area (TPSA) is 39.1 Å². The van der Waals surface area contributed by atoms with Crippen molar-refractivity contribution in [3.63, 3.8) is 0 Å². The van der Waals surface area contributed by atoms with E-state index >= 15 is 0 Å². The molecule has 2 rings (SSSR count). The molecule has 0 saturated carbocycles. The minimum atomic E-state index is 0.548. The molecule has 15 heavy (non-hydrogen) atoms. The molecule has 0 amide bonds. The lowest BCUT2D eigenvalue weighted by Crippen LogP contribution is -2.37. The maximum atomic E-state index is 5.28. The van der Waals surface area contributed by atoms with Crippen LogP contribution in [0.2, 0.25) is 0 Å². The Morgan fingerprint density at radius 2 is 2.47 bits per heavy atom. The molecule has 0 aliphatic carbocycles. The van der Waals surface area contributed by atoms with Gasteiger partial charge in [-0.25, -0.2) is 4.68 Å². The van der Waals surface area contributed by atoms with Gasteiger partial charge in [0.05, 0.1) is 19.3 Å². The van der Waals surface area contributed by atoms with E-state index in [1.54, 1.807) is 7.11 Å². The molecule has 0 aromatic carbocycles. The van der Waals surface area contributed by atoms with Gasteiger partial charge in [-0.3, -0.25) is 0 Å². The van der Waals surface area contributed by atoms with Crippen molar-refractivity contribution < 1.29 is 4.74 Å². The number of methoxy groups -OCH3 is 1. The van der Waals surface area contributed by atoms with Gasteiger partial charge in [0.2, 0.25) is 5.88 Å². The summed E-state index contributed by atoms with van der Waals surface area (Å²) in [5, 5.41) is 7.94. The third kappa shape index (κ3) is 2.50. The number of nitrogens with one attached hydrogen (secondary N) is 1. The summed E-state index contributed by atoms with van der Waals surface area (Å²) in [6, 6.07) is 2.52. The summed E-state index contributed by atoms with van der Waals surface area (Å²) in [4.78, 5) is 0. The monoisotopic (exact) mass is 209 g/mol. The molecular formula is C11H19N3O. The van der Waals surface area contributed by atoms with Crippen LogP contribution in [0, 0.1) is 6.92 Å². The maximum absolute atomic E-state index is 5.28. The summed E-state index contributed by atoms with van der Waals surface area (Å²) in [5.41, 5.74) is 1.02. The Morgan fingerprint density at radius 1 is 1.60 bits per heavy atom. The molecule has 1 aliphatic heterocycles. The van der Waals surface area contributed by atoms with E-state index in [4.69, 9.17) is 4.74 Å². The molecule has 1 unspecified atom stereocenters. The highest BCUT2D eigenvalue weighted by Gasteiger charge is 2.15. The maximum Gasteiger partial charge on any atom is 0.211 e. The molecule has 1 atom stereocenters. The van der Waals surface area contributed by atoms with Gasteiger partial charge in [0.1, 0.15) is 0 Å². The van der Waals surface area contributed by atoms with Crippen molar-refractivity contribution in [2.45, 2.75) is 38.8 Å². The fraction of sp³-hybridized carbons (Fsp3) is 0.727. The zero-order chi connectivity index (χ0) is 10.7. The molecule has 2 heterocycles. The molecule has 1 aromatic heterocycles. The molecule has 1 saturated heterocycles. The van der Waals surface area contributed by atoms with Crippen LogP contribution in [0.5, 0.6) is 5.88 Å². The first kappa shape index (κ1) is 10.5. The van der Waals surface area contributed by atoms with E-state index < -0.39 is 0 Å². The van der Waals surface area contributed by atoms with Crippen molar-refractivity contribution in [3.05, 3.63) is 11.8 Å². The molecule has 4 nitrogen and oxygen atoms in total. The molecule has 1 fully saturated rings. The molecule has 0 bridgehead atoms. The van der Waals surface area contributed by atoms with Crippen LogP contribution >= 0.6 is 0 Å². The van der Waals surface area contributed by atoms with E-state index in [9.17, 15) is 0 Å². The van der Waals surface area contributed by atoms with Crippen LogP contribution in [0.1, 0.15) is 25.0 Å². The number of aryl methyl sites for hydroxylation is 1. The van der Waals surface area contributed by atoms with E-state index in [1.807, 2.05) is 17.7 Å². The number of hydrogen-bond donors (Lipinski definition) is 1. The molecule has 1 aliphatic rings. The first-order chi connectivity index (χ1) is 7.29. The van der Waals surface area contributed by atoms with Gasteiger partial charge >= 0.3 is 0 Å². The van der Waals surface area contributed by atoms with Crippen LogP contribution < -0.4 is 10.1 Å².